The molecule has 0 saturated carbocycles. The number of aliphatic hydroxyl groups excluding tert-OH is 1. The summed E-state index contributed by atoms with van der Waals surface area (Å²) in [5.74, 6) is -6.01. The van der Waals surface area contributed by atoms with Crippen molar-refractivity contribution in [2.45, 2.75) is 116 Å². The van der Waals surface area contributed by atoms with Crippen LogP contribution in [0.2, 0.25) is 0 Å². The van der Waals surface area contributed by atoms with Crippen LogP contribution in [0.25, 0.3) is 0 Å². The van der Waals surface area contributed by atoms with Gasteiger partial charge in [0.15, 0.2) is 30.9 Å². The summed E-state index contributed by atoms with van der Waals surface area (Å²) in [4.78, 5) is 83.8. The van der Waals surface area contributed by atoms with Gasteiger partial charge in [0, 0.05) is 41.5 Å². The fourth-order valence-electron chi connectivity index (χ4n) is 4.82. The maximum absolute atomic E-state index is 12.4. The minimum atomic E-state index is -1.83. The summed E-state index contributed by atoms with van der Waals surface area (Å²) in [7, 11) is 0. The zero-order valence-corrected chi connectivity index (χ0v) is 26.3. The Labute approximate surface area is 263 Å². The van der Waals surface area contributed by atoms with Gasteiger partial charge < -0.3 is 58.7 Å². The van der Waals surface area contributed by atoms with E-state index in [1.165, 1.54) is 6.92 Å². The summed E-state index contributed by atoms with van der Waals surface area (Å²) in [6, 6.07) is -2.92. The van der Waals surface area contributed by atoms with E-state index >= 15 is 0 Å². The highest BCUT2D eigenvalue weighted by Gasteiger charge is 2.55. The van der Waals surface area contributed by atoms with Crippen LogP contribution in [-0.2, 0) is 71.5 Å². The van der Waals surface area contributed by atoms with Crippen LogP contribution in [0.4, 0.5) is 0 Å². The molecular weight excluding hydrogens is 624 g/mol. The Balaban J connectivity index is 2.71. The number of ether oxygens (including phenoxy) is 8. The summed E-state index contributed by atoms with van der Waals surface area (Å²) in [6.07, 6.45) is -13.9. The first-order valence-corrected chi connectivity index (χ1v) is 14.1. The molecule has 0 bridgehead atoms. The quantitative estimate of drug-likeness (QED) is 0.119. The maximum Gasteiger partial charge on any atom is 0.332 e. The number of hydrogen-bond acceptors (Lipinski definition) is 16. The molecule has 260 valence electrons. The first kappa shape index (κ1) is 38.3. The standard InChI is InChI=1S/C27H40N2O17/c1-10(25(36)37)41-23-19(28-11(2)30)26(38)44-17(8-39-13(4)32)22(23)46-27-20(29-12(3)31)24(43-16(7)35)21(42-15(6)34)18(45-27)9-40-14(5)33/h10,17-24,26-27,38H,8-9H2,1-7H3,(H,28,30)(H,29,31)(H,36,37)/t10-,17?,18?,19?,20?,21?,22?,23?,24?,26?,27?/m1/s1. The molecule has 2 aliphatic heterocycles. The summed E-state index contributed by atoms with van der Waals surface area (Å²) in [5, 5.41) is 25.3. The average molecular weight is 665 g/mol. The third-order valence-corrected chi connectivity index (χ3v) is 6.56. The van der Waals surface area contributed by atoms with E-state index in [0.29, 0.717) is 0 Å². The molecule has 0 aliphatic carbocycles. The van der Waals surface area contributed by atoms with E-state index in [-0.39, 0.29) is 0 Å². The smallest absolute Gasteiger partial charge is 0.332 e. The Kier molecular flexibility index (Phi) is 14.3. The number of hydrogen-bond donors (Lipinski definition) is 4. The zero-order valence-electron chi connectivity index (χ0n) is 26.3. The van der Waals surface area contributed by atoms with Crippen molar-refractivity contribution in [1.29, 1.82) is 0 Å². The Morgan fingerprint density at radius 1 is 0.674 bits per heavy atom. The summed E-state index contributed by atoms with van der Waals surface area (Å²) in [5.41, 5.74) is 0. The molecule has 19 heteroatoms. The fraction of sp³-hybridized carbons (Fsp3) is 0.741. The molecule has 0 aromatic heterocycles. The average Bonchev–Trinajstić information content (AvgIpc) is 2.91. The normalized spacial score (nSPS) is 31.4. The zero-order chi connectivity index (χ0) is 34.9. The van der Waals surface area contributed by atoms with Crippen LogP contribution in [0.3, 0.4) is 0 Å². The molecule has 10 unspecified atom stereocenters. The maximum atomic E-state index is 12.4. The van der Waals surface area contributed by atoms with Crippen molar-refractivity contribution in [1.82, 2.24) is 10.6 Å². The van der Waals surface area contributed by atoms with Crippen molar-refractivity contribution in [2.75, 3.05) is 13.2 Å². The predicted molar refractivity (Wildman–Crippen MR) is 146 cm³/mol. The largest absolute Gasteiger partial charge is 0.479 e. The number of amides is 2. The first-order chi connectivity index (χ1) is 21.4. The van der Waals surface area contributed by atoms with E-state index in [0.717, 1.165) is 41.5 Å². The number of carbonyl (C=O) groups excluding carboxylic acids is 6. The van der Waals surface area contributed by atoms with Gasteiger partial charge in [-0.3, -0.25) is 28.8 Å². The molecule has 2 aliphatic rings. The van der Waals surface area contributed by atoms with Crippen LogP contribution >= 0.6 is 0 Å². The Morgan fingerprint density at radius 3 is 1.61 bits per heavy atom. The van der Waals surface area contributed by atoms with Crippen molar-refractivity contribution in [3.05, 3.63) is 0 Å². The summed E-state index contributed by atoms with van der Waals surface area (Å²) >= 11 is 0. The van der Waals surface area contributed by atoms with Gasteiger partial charge in [0.2, 0.25) is 11.8 Å². The lowest BCUT2D eigenvalue weighted by atomic mass is 9.93. The molecule has 0 aromatic rings. The SMILES string of the molecule is CC(=O)NC1C(O)OC(COC(C)=O)C(OC2OC(COC(C)=O)C(OC(C)=O)C(OC(C)=O)C2NC(C)=O)C1O[C@H](C)C(=O)O. The highest BCUT2D eigenvalue weighted by Crippen LogP contribution is 2.33. The van der Waals surface area contributed by atoms with Gasteiger partial charge in [0.1, 0.15) is 49.7 Å². The summed E-state index contributed by atoms with van der Waals surface area (Å²) in [6.45, 7) is 6.54. The predicted octanol–water partition coefficient (Wildman–Crippen LogP) is -2.33. The van der Waals surface area contributed by atoms with Crippen molar-refractivity contribution >= 4 is 41.7 Å². The third-order valence-electron chi connectivity index (χ3n) is 6.56. The van der Waals surface area contributed by atoms with E-state index in [1.807, 2.05) is 0 Å². The van der Waals surface area contributed by atoms with Crippen molar-refractivity contribution < 1.29 is 81.7 Å². The molecule has 2 saturated heterocycles. The number of nitrogens with one attached hydrogen (secondary N) is 2. The van der Waals surface area contributed by atoms with E-state index in [1.54, 1.807) is 0 Å². The summed E-state index contributed by atoms with van der Waals surface area (Å²) < 4.78 is 44.6. The number of aliphatic hydroxyl groups is 1. The second-order valence-corrected chi connectivity index (χ2v) is 10.5. The number of carbonyl (C=O) groups is 7. The van der Waals surface area contributed by atoms with Gasteiger partial charge in [0.25, 0.3) is 0 Å². The highest BCUT2D eigenvalue weighted by molar-refractivity contribution is 5.74. The van der Waals surface area contributed by atoms with Crippen molar-refractivity contribution in [2.24, 2.45) is 0 Å². The molecule has 0 radical (unpaired) electrons. The molecule has 11 atom stereocenters. The van der Waals surface area contributed by atoms with Gasteiger partial charge in [0.05, 0.1) is 0 Å². The molecular formula is C27H40N2O17. The fourth-order valence-corrected chi connectivity index (χ4v) is 4.82. The molecule has 2 rings (SSSR count). The van der Waals surface area contributed by atoms with Crippen LogP contribution < -0.4 is 10.6 Å². The van der Waals surface area contributed by atoms with Gasteiger partial charge in [-0.05, 0) is 6.92 Å². The number of rotatable bonds is 13. The minimum Gasteiger partial charge on any atom is -0.479 e. The highest BCUT2D eigenvalue weighted by atomic mass is 16.7. The Bertz CT molecular complexity index is 1150. The lowest BCUT2D eigenvalue weighted by molar-refractivity contribution is -0.334. The van der Waals surface area contributed by atoms with E-state index in [4.69, 9.17) is 37.9 Å². The van der Waals surface area contributed by atoms with Gasteiger partial charge in [-0.2, -0.15) is 0 Å². The molecule has 4 N–H and O–H groups in total. The van der Waals surface area contributed by atoms with Crippen molar-refractivity contribution in [3.63, 3.8) is 0 Å². The molecule has 19 nitrogen and oxygen atoms in total. The molecule has 2 heterocycles. The number of carboxylic acid groups (broad SMARTS) is 1. The minimum absolute atomic E-state index is 0.557. The molecule has 2 amide bonds. The second kappa shape index (κ2) is 17.1. The van der Waals surface area contributed by atoms with E-state index in [9.17, 15) is 43.8 Å². The number of esters is 4. The van der Waals surface area contributed by atoms with Gasteiger partial charge >= 0.3 is 29.8 Å². The first-order valence-electron chi connectivity index (χ1n) is 14.1. The topological polar surface area (TPSA) is 258 Å². The lowest BCUT2D eigenvalue weighted by Crippen LogP contribution is -2.70. The molecule has 0 aromatic carbocycles. The molecule has 46 heavy (non-hydrogen) atoms. The number of carboxylic acids is 1. The Hall–Kier alpha value is -3.91. The van der Waals surface area contributed by atoms with Gasteiger partial charge in [-0.1, -0.05) is 0 Å². The van der Waals surface area contributed by atoms with Crippen molar-refractivity contribution in [3.8, 4) is 0 Å². The van der Waals surface area contributed by atoms with E-state index in [2.05, 4.69) is 10.6 Å². The Morgan fingerprint density at radius 2 is 1.15 bits per heavy atom. The second-order valence-electron chi connectivity index (χ2n) is 10.5. The van der Waals surface area contributed by atoms with Crippen LogP contribution in [0.15, 0.2) is 0 Å². The molecule has 2 fully saturated rings. The molecule has 0 spiro atoms. The third kappa shape index (κ3) is 11.2. The van der Waals surface area contributed by atoms with Crippen LogP contribution in [0.1, 0.15) is 48.5 Å². The van der Waals surface area contributed by atoms with E-state index < -0.39 is 122 Å². The van der Waals surface area contributed by atoms with Crippen LogP contribution in [0, 0.1) is 0 Å². The van der Waals surface area contributed by atoms with Gasteiger partial charge in [-0.15, -0.1) is 0 Å². The van der Waals surface area contributed by atoms with Crippen LogP contribution in [-0.4, -0.2) is 132 Å². The number of aliphatic carboxylic acids is 1. The van der Waals surface area contributed by atoms with Gasteiger partial charge in [-0.25, -0.2) is 4.79 Å². The lowest BCUT2D eigenvalue weighted by Gasteiger charge is -2.49. The monoisotopic (exact) mass is 664 g/mol. The van der Waals surface area contributed by atoms with Crippen LogP contribution in [0.5, 0.6) is 0 Å².